The second-order valence-electron chi connectivity index (χ2n) is 4.24. The van der Waals surface area contributed by atoms with E-state index >= 15 is 0 Å². The molecule has 0 atom stereocenters. The zero-order valence-corrected chi connectivity index (χ0v) is 12.4. The summed E-state index contributed by atoms with van der Waals surface area (Å²) >= 11 is 9.33. The molecule has 0 unspecified atom stereocenters. The largest absolute Gasteiger partial charge is 0.469 e. The highest BCUT2D eigenvalue weighted by Crippen LogP contribution is 2.30. The normalized spacial score (nSPS) is 16.7. The number of halogens is 2. The molecule has 0 saturated carbocycles. The monoisotopic (exact) mass is 332 g/mol. The zero-order chi connectivity index (χ0) is 13.1. The maximum atomic E-state index is 11.4. The van der Waals surface area contributed by atoms with E-state index in [2.05, 4.69) is 25.8 Å². The summed E-state index contributed by atoms with van der Waals surface area (Å²) < 4.78 is 5.65. The van der Waals surface area contributed by atoms with Gasteiger partial charge in [-0.1, -0.05) is 11.6 Å². The van der Waals surface area contributed by atoms with Gasteiger partial charge in [0.25, 0.3) is 0 Å². The molecule has 2 heterocycles. The van der Waals surface area contributed by atoms with Crippen LogP contribution in [0.2, 0.25) is 5.02 Å². The predicted octanol–water partition coefficient (Wildman–Crippen LogP) is 2.89. The number of esters is 1. The molecule has 1 aromatic heterocycles. The standard InChI is InChI=1S/C12H14BrClN2O2/c1-18-12(17)8-2-4-16(5-3-8)11-10(13)6-9(14)7-15-11/h6-8H,2-5H2,1H3. The zero-order valence-electron chi connectivity index (χ0n) is 10.0. The third kappa shape index (κ3) is 2.95. The Labute approximate surface area is 119 Å². The minimum atomic E-state index is -0.113. The van der Waals surface area contributed by atoms with Gasteiger partial charge >= 0.3 is 5.97 Å². The van der Waals surface area contributed by atoms with Crippen molar-refractivity contribution in [1.82, 2.24) is 4.98 Å². The van der Waals surface area contributed by atoms with Crippen molar-refractivity contribution in [1.29, 1.82) is 0 Å². The summed E-state index contributed by atoms with van der Waals surface area (Å²) in [6, 6.07) is 1.83. The van der Waals surface area contributed by atoms with Crippen molar-refractivity contribution in [3.63, 3.8) is 0 Å². The Bertz CT molecular complexity index is 448. The van der Waals surface area contributed by atoms with Gasteiger partial charge in [-0.3, -0.25) is 4.79 Å². The average molecular weight is 334 g/mol. The molecule has 0 aliphatic carbocycles. The van der Waals surface area contributed by atoms with Crippen molar-refractivity contribution in [2.24, 2.45) is 5.92 Å². The fourth-order valence-corrected chi connectivity index (χ4v) is 3.02. The molecule has 0 aromatic carbocycles. The first-order chi connectivity index (χ1) is 8.61. The number of hydrogen-bond donors (Lipinski definition) is 0. The summed E-state index contributed by atoms with van der Waals surface area (Å²) in [5, 5.41) is 0.607. The van der Waals surface area contributed by atoms with E-state index in [9.17, 15) is 4.79 Å². The lowest BCUT2D eigenvalue weighted by Gasteiger charge is -2.32. The first-order valence-electron chi connectivity index (χ1n) is 5.75. The molecular formula is C12H14BrClN2O2. The van der Waals surface area contributed by atoms with Gasteiger partial charge in [-0.05, 0) is 34.8 Å². The van der Waals surface area contributed by atoms with E-state index in [0.717, 1.165) is 36.2 Å². The van der Waals surface area contributed by atoms with E-state index in [1.54, 1.807) is 6.20 Å². The third-order valence-corrected chi connectivity index (χ3v) is 3.91. The van der Waals surface area contributed by atoms with Gasteiger partial charge in [-0.15, -0.1) is 0 Å². The molecule has 1 saturated heterocycles. The van der Waals surface area contributed by atoms with E-state index in [4.69, 9.17) is 16.3 Å². The van der Waals surface area contributed by atoms with Gasteiger partial charge in [0.15, 0.2) is 0 Å². The lowest BCUT2D eigenvalue weighted by Crippen LogP contribution is -2.37. The third-order valence-electron chi connectivity index (χ3n) is 3.12. The molecule has 0 bridgehead atoms. The number of carbonyl (C=O) groups is 1. The molecule has 1 fully saturated rings. The number of nitrogens with zero attached hydrogens (tertiary/aromatic N) is 2. The van der Waals surface area contributed by atoms with Gasteiger partial charge in [-0.25, -0.2) is 4.98 Å². The second kappa shape index (κ2) is 5.89. The molecule has 98 valence electrons. The second-order valence-corrected chi connectivity index (χ2v) is 5.53. The first-order valence-corrected chi connectivity index (χ1v) is 6.92. The minimum absolute atomic E-state index is 0.0114. The van der Waals surface area contributed by atoms with E-state index < -0.39 is 0 Å². The van der Waals surface area contributed by atoms with Crippen molar-refractivity contribution >= 4 is 39.3 Å². The number of methoxy groups -OCH3 is 1. The van der Waals surface area contributed by atoms with Crippen LogP contribution >= 0.6 is 27.5 Å². The van der Waals surface area contributed by atoms with Crippen LogP contribution in [0.1, 0.15) is 12.8 Å². The Balaban J connectivity index is 2.03. The Morgan fingerprint density at radius 3 is 2.78 bits per heavy atom. The number of anilines is 1. The molecule has 6 heteroatoms. The van der Waals surface area contributed by atoms with Crippen molar-refractivity contribution in [3.05, 3.63) is 21.8 Å². The molecule has 0 N–H and O–H groups in total. The summed E-state index contributed by atoms with van der Waals surface area (Å²) in [4.78, 5) is 17.9. The predicted molar refractivity (Wildman–Crippen MR) is 73.9 cm³/mol. The van der Waals surface area contributed by atoms with Crippen LogP contribution in [0.5, 0.6) is 0 Å². The van der Waals surface area contributed by atoms with Crippen molar-refractivity contribution in [2.45, 2.75) is 12.8 Å². The van der Waals surface area contributed by atoms with Gasteiger partial charge in [0.1, 0.15) is 5.82 Å². The molecule has 0 amide bonds. The topological polar surface area (TPSA) is 42.4 Å². The lowest BCUT2D eigenvalue weighted by molar-refractivity contribution is -0.146. The van der Waals surface area contributed by atoms with Crippen LogP contribution < -0.4 is 4.90 Å². The molecule has 18 heavy (non-hydrogen) atoms. The summed E-state index contributed by atoms with van der Waals surface area (Å²) in [5.74, 6) is 0.776. The number of carbonyl (C=O) groups excluding carboxylic acids is 1. The molecule has 1 aliphatic rings. The van der Waals surface area contributed by atoms with E-state index in [-0.39, 0.29) is 11.9 Å². The van der Waals surface area contributed by atoms with Gasteiger partial charge in [0.05, 0.1) is 22.5 Å². The van der Waals surface area contributed by atoms with E-state index in [0.29, 0.717) is 5.02 Å². The summed E-state index contributed by atoms with van der Waals surface area (Å²) in [6.45, 7) is 1.60. The highest BCUT2D eigenvalue weighted by Gasteiger charge is 2.26. The van der Waals surface area contributed by atoms with E-state index in [1.165, 1.54) is 7.11 Å². The van der Waals surface area contributed by atoms with Crippen LogP contribution in [-0.2, 0) is 9.53 Å². The Morgan fingerprint density at radius 2 is 2.22 bits per heavy atom. The Morgan fingerprint density at radius 1 is 1.56 bits per heavy atom. The van der Waals surface area contributed by atoms with Gasteiger partial charge in [0.2, 0.25) is 0 Å². The van der Waals surface area contributed by atoms with Crippen LogP contribution in [0.25, 0.3) is 0 Å². The summed E-state index contributed by atoms with van der Waals surface area (Å²) in [6.07, 6.45) is 3.22. The number of hydrogen-bond acceptors (Lipinski definition) is 4. The van der Waals surface area contributed by atoms with Gasteiger partial charge in [0, 0.05) is 19.3 Å². The molecule has 0 spiro atoms. The van der Waals surface area contributed by atoms with Crippen molar-refractivity contribution < 1.29 is 9.53 Å². The SMILES string of the molecule is COC(=O)C1CCN(c2ncc(Cl)cc2Br)CC1. The molecule has 2 rings (SSSR count). The summed E-state index contributed by atoms with van der Waals surface area (Å²) in [7, 11) is 1.44. The minimum Gasteiger partial charge on any atom is -0.469 e. The average Bonchev–Trinajstić information content (AvgIpc) is 2.38. The fourth-order valence-electron chi connectivity index (χ4n) is 2.13. The number of pyridine rings is 1. The number of rotatable bonds is 2. The van der Waals surface area contributed by atoms with E-state index in [1.807, 2.05) is 6.07 Å². The molecule has 1 aromatic rings. The van der Waals surface area contributed by atoms with Crippen molar-refractivity contribution in [3.8, 4) is 0 Å². The summed E-state index contributed by atoms with van der Waals surface area (Å²) in [5.41, 5.74) is 0. The Hall–Kier alpha value is -0.810. The van der Waals surface area contributed by atoms with Crippen LogP contribution in [0.4, 0.5) is 5.82 Å². The number of piperidine rings is 1. The van der Waals surface area contributed by atoms with Gasteiger partial charge in [-0.2, -0.15) is 0 Å². The van der Waals surface area contributed by atoms with Crippen LogP contribution in [0.15, 0.2) is 16.7 Å². The maximum Gasteiger partial charge on any atom is 0.308 e. The van der Waals surface area contributed by atoms with Crippen LogP contribution in [0.3, 0.4) is 0 Å². The van der Waals surface area contributed by atoms with Crippen LogP contribution in [-0.4, -0.2) is 31.2 Å². The Kier molecular flexibility index (Phi) is 4.45. The molecule has 1 aliphatic heterocycles. The molecule has 4 nitrogen and oxygen atoms in total. The molecule has 0 radical (unpaired) electrons. The highest BCUT2D eigenvalue weighted by atomic mass is 79.9. The molecular weight excluding hydrogens is 320 g/mol. The smallest absolute Gasteiger partial charge is 0.308 e. The number of aromatic nitrogens is 1. The highest BCUT2D eigenvalue weighted by molar-refractivity contribution is 9.10. The quantitative estimate of drug-likeness (QED) is 0.781. The lowest BCUT2D eigenvalue weighted by atomic mass is 9.97. The number of ether oxygens (including phenoxy) is 1. The maximum absolute atomic E-state index is 11.4. The first kappa shape index (κ1) is 13.6. The van der Waals surface area contributed by atoms with Crippen molar-refractivity contribution in [2.75, 3.05) is 25.1 Å². The fraction of sp³-hybridized carbons (Fsp3) is 0.500. The van der Waals surface area contributed by atoms with Gasteiger partial charge < -0.3 is 9.64 Å². The van der Waals surface area contributed by atoms with Crippen LogP contribution in [0, 0.1) is 5.92 Å².